The van der Waals surface area contributed by atoms with Gasteiger partial charge in [0.15, 0.2) is 0 Å². The third-order valence-corrected chi connectivity index (χ3v) is 6.57. The van der Waals surface area contributed by atoms with Crippen molar-refractivity contribution in [3.8, 4) is 0 Å². The molecule has 0 aromatic rings. The minimum absolute atomic E-state index is 0.0441. The predicted molar refractivity (Wildman–Crippen MR) is 96.9 cm³/mol. The standard InChI is InChI=1S/C17H28BrClN2O2/c1-2-5-16(22)20-11-8-9-14(19)15(10-11)21-17(23)12-6-3-4-7-13(12)18/h11-15H,2-10H2,1H3,(H,20,22)(H,21,23). The van der Waals surface area contributed by atoms with E-state index in [9.17, 15) is 9.59 Å². The molecule has 2 fully saturated rings. The normalized spacial score (nSPS) is 34.7. The second-order valence-electron chi connectivity index (χ2n) is 6.87. The Kier molecular flexibility index (Phi) is 7.67. The van der Waals surface area contributed by atoms with Crippen molar-refractivity contribution in [2.24, 2.45) is 5.92 Å². The van der Waals surface area contributed by atoms with Crippen LogP contribution in [0, 0.1) is 5.92 Å². The molecular formula is C17H28BrClN2O2. The molecule has 0 saturated heterocycles. The molecular weight excluding hydrogens is 380 g/mol. The fourth-order valence-electron chi connectivity index (χ4n) is 3.61. The minimum atomic E-state index is -0.0496. The Labute approximate surface area is 152 Å². The van der Waals surface area contributed by atoms with Gasteiger partial charge in [-0.2, -0.15) is 0 Å². The van der Waals surface area contributed by atoms with Crippen LogP contribution in [0.4, 0.5) is 0 Å². The molecule has 5 unspecified atom stereocenters. The van der Waals surface area contributed by atoms with Crippen LogP contribution < -0.4 is 10.6 Å². The number of alkyl halides is 2. The first-order valence-corrected chi connectivity index (χ1v) is 10.2. The average molecular weight is 408 g/mol. The van der Waals surface area contributed by atoms with Gasteiger partial charge in [-0.1, -0.05) is 35.7 Å². The zero-order chi connectivity index (χ0) is 16.8. The van der Waals surface area contributed by atoms with Crippen LogP contribution in [0.3, 0.4) is 0 Å². The average Bonchev–Trinajstić information content (AvgIpc) is 2.51. The van der Waals surface area contributed by atoms with E-state index in [1.54, 1.807) is 0 Å². The Morgan fingerprint density at radius 2 is 1.87 bits per heavy atom. The molecule has 4 nitrogen and oxygen atoms in total. The molecule has 2 aliphatic rings. The van der Waals surface area contributed by atoms with Crippen LogP contribution in [-0.2, 0) is 9.59 Å². The quantitative estimate of drug-likeness (QED) is 0.685. The van der Waals surface area contributed by atoms with Gasteiger partial charge in [0.1, 0.15) is 0 Å². The first-order valence-electron chi connectivity index (χ1n) is 8.89. The van der Waals surface area contributed by atoms with Gasteiger partial charge in [-0.05, 0) is 38.5 Å². The van der Waals surface area contributed by atoms with E-state index >= 15 is 0 Å². The van der Waals surface area contributed by atoms with Crippen molar-refractivity contribution >= 4 is 39.3 Å². The molecule has 0 spiro atoms. The molecule has 0 radical (unpaired) electrons. The highest BCUT2D eigenvalue weighted by Crippen LogP contribution is 2.31. The van der Waals surface area contributed by atoms with E-state index in [-0.39, 0.29) is 40.0 Å². The lowest BCUT2D eigenvalue weighted by atomic mass is 9.86. The van der Waals surface area contributed by atoms with Gasteiger partial charge in [-0.25, -0.2) is 0 Å². The van der Waals surface area contributed by atoms with Crippen molar-refractivity contribution in [2.75, 3.05) is 0 Å². The molecule has 2 amide bonds. The van der Waals surface area contributed by atoms with E-state index in [1.165, 1.54) is 6.42 Å². The Balaban J connectivity index is 1.86. The number of rotatable bonds is 5. The highest BCUT2D eigenvalue weighted by atomic mass is 79.9. The lowest BCUT2D eigenvalue weighted by Gasteiger charge is -2.36. The smallest absolute Gasteiger partial charge is 0.224 e. The molecule has 2 aliphatic carbocycles. The van der Waals surface area contributed by atoms with Crippen LogP contribution in [0.25, 0.3) is 0 Å². The van der Waals surface area contributed by atoms with Crippen LogP contribution in [0.2, 0.25) is 0 Å². The van der Waals surface area contributed by atoms with E-state index in [2.05, 4.69) is 26.6 Å². The van der Waals surface area contributed by atoms with E-state index in [0.717, 1.165) is 44.9 Å². The monoisotopic (exact) mass is 406 g/mol. The minimum Gasteiger partial charge on any atom is -0.353 e. The SMILES string of the molecule is CCCC(=O)NC1CCC(Cl)C(NC(=O)C2CCCCC2Br)C1. The van der Waals surface area contributed by atoms with E-state index in [0.29, 0.717) is 6.42 Å². The zero-order valence-corrected chi connectivity index (χ0v) is 16.2. The maximum absolute atomic E-state index is 12.6. The molecule has 23 heavy (non-hydrogen) atoms. The highest BCUT2D eigenvalue weighted by molar-refractivity contribution is 9.09. The zero-order valence-electron chi connectivity index (χ0n) is 13.8. The van der Waals surface area contributed by atoms with Crippen molar-refractivity contribution in [1.82, 2.24) is 10.6 Å². The third-order valence-electron chi connectivity index (χ3n) is 4.95. The van der Waals surface area contributed by atoms with E-state index in [4.69, 9.17) is 11.6 Å². The second-order valence-corrected chi connectivity index (χ2v) is 8.60. The number of hydrogen-bond donors (Lipinski definition) is 2. The molecule has 0 aromatic heterocycles. The predicted octanol–water partition coefficient (Wildman–Crippen LogP) is 3.50. The first-order chi connectivity index (χ1) is 11.0. The van der Waals surface area contributed by atoms with Gasteiger partial charge >= 0.3 is 0 Å². The van der Waals surface area contributed by atoms with Gasteiger partial charge in [0.2, 0.25) is 11.8 Å². The third kappa shape index (κ3) is 5.63. The number of hydrogen-bond acceptors (Lipinski definition) is 2. The van der Waals surface area contributed by atoms with E-state index < -0.39 is 0 Å². The van der Waals surface area contributed by atoms with Crippen LogP contribution in [-0.4, -0.2) is 34.1 Å². The summed E-state index contributed by atoms with van der Waals surface area (Å²) in [5.74, 6) is 0.258. The summed E-state index contributed by atoms with van der Waals surface area (Å²) in [5, 5.41) is 6.18. The molecule has 2 saturated carbocycles. The molecule has 6 heteroatoms. The van der Waals surface area contributed by atoms with Gasteiger partial charge < -0.3 is 10.6 Å². The van der Waals surface area contributed by atoms with E-state index in [1.807, 2.05) is 6.92 Å². The molecule has 2 rings (SSSR count). The maximum Gasteiger partial charge on any atom is 0.224 e. The number of halogens is 2. The molecule has 0 aliphatic heterocycles. The number of amides is 2. The van der Waals surface area contributed by atoms with Gasteiger partial charge in [0.25, 0.3) is 0 Å². The van der Waals surface area contributed by atoms with Crippen LogP contribution in [0.5, 0.6) is 0 Å². The summed E-state index contributed by atoms with van der Waals surface area (Å²) in [4.78, 5) is 24.6. The lowest BCUT2D eigenvalue weighted by Crippen LogP contribution is -2.52. The van der Waals surface area contributed by atoms with Gasteiger partial charge in [0, 0.05) is 23.3 Å². The van der Waals surface area contributed by atoms with Crippen LogP contribution >= 0.6 is 27.5 Å². The summed E-state index contributed by atoms with van der Waals surface area (Å²) in [6.07, 6.45) is 8.16. The Bertz CT molecular complexity index is 421. The largest absolute Gasteiger partial charge is 0.353 e. The van der Waals surface area contributed by atoms with Crippen molar-refractivity contribution in [1.29, 1.82) is 0 Å². The Morgan fingerprint density at radius 1 is 1.13 bits per heavy atom. The molecule has 5 atom stereocenters. The van der Waals surface area contributed by atoms with Gasteiger partial charge in [0.05, 0.1) is 11.3 Å². The Morgan fingerprint density at radius 3 is 2.57 bits per heavy atom. The topological polar surface area (TPSA) is 58.2 Å². The Hall–Kier alpha value is -0.290. The summed E-state index contributed by atoms with van der Waals surface area (Å²) in [6.45, 7) is 2.00. The fourth-order valence-corrected chi connectivity index (χ4v) is 4.73. The molecule has 132 valence electrons. The summed E-state index contributed by atoms with van der Waals surface area (Å²) in [7, 11) is 0. The first kappa shape index (κ1) is 19.0. The van der Waals surface area contributed by atoms with Crippen molar-refractivity contribution < 1.29 is 9.59 Å². The number of nitrogens with one attached hydrogen (secondary N) is 2. The second kappa shape index (κ2) is 9.26. The van der Waals surface area contributed by atoms with Crippen molar-refractivity contribution in [2.45, 2.75) is 87.0 Å². The molecule has 0 aromatic carbocycles. The van der Waals surface area contributed by atoms with Crippen LogP contribution in [0.15, 0.2) is 0 Å². The molecule has 0 heterocycles. The molecule has 0 bridgehead atoms. The lowest BCUT2D eigenvalue weighted by molar-refractivity contribution is -0.126. The van der Waals surface area contributed by atoms with Gasteiger partial charge in [-0.3, -0.25) is 9.59 Å². The van der Waals surface area contributed by atoms with Crippen LogP contribution in [0.1, 0.15) is 64.7 Å². The van der Waals surface area contributed by atoms with Crippen molar-refractivity contribution in [3.63, 3.8) is 0 Å². The number of carbonyl (C=O) groups excluding carboxylic acids is 2. The number of carbonyl (C=O) groups is 2. The molecule has 2 N–H and O–H groups in total. The van der Waals surface area contributed by atoms with Gasteiger partial charge in [-0.15, -0.1) is 11.6 Å². The highest BCUT2D eigenvalue weighted by Gasteiger charge is 2.35. The van der Waals surface area contributed by atoms with Crippen molar-refractivity contribution in [3.05, 3.63) is 0 Å². The maximum atomic E-state index is 12.6. The summed E-state index contributed by atoms with van der Waals surface area (Å²) >= 11 is 10.1. The fraction of sp³-hybridized carbons (Fsp3) is 0.882. The summed E-state index contributed by atoms with van der Waals surface area (Å²) in [5.41, 5.74) is 0. The summed E-state index contributed by atoms with van der Waals surface area (Å²) in [6, 6.07) is 0.0759. The summed E-state index contributed by atoms with van der Waals surface area (Å²) < 4.78 is 0.